The molecule has 0 aromatic heterocycles. The van der Waals surface area contributed by atoms with E-state index in [0.717, 1.165) is 74.6 Å². The Morgan fingerprint density at radius 1 is 0.732 bits per heavy atom. The van der Waals surface area contributed by atoms with Crippen molar-refractivity contribution in [2.24, 2.45) is 5.92 Å². The molecule has 10 rings (SSSR count). The zero-order chi connectivity index (χ0) is 38.5. The van der Waals surface area contributed by atoms with Crippen LogP contribution in [0.4, 0.5) is 11.4 Å². The Kier molecular flexibility index (Phi) is 9.45. The standard InChI is InChI=1S/C46H47N5O5/c1-2-38(30-6-4-3-5-7-30)43(32-10-15-37(52)16-11-32)31-8-12-33(13-9-31)49-22-20-29(21-23-49)26-48-27-35-24-36(28-48)50(35)34-14-17-39-40(25-34)46(56)51(45(39)55)41-18-19-42(53)47-44(41)54/h3-17,25,29,35-36,41,52H,2,18-24,26-28H2,1H3,(H,47,53,54). The molecule has 6 aliphatic rings. The van der Waals surface area contributed by atoms with Crippen molar-refractivity contribution in [2.45, 2.75) is 63.6 Å². The molecule has 0 saturated carbocycles. The van der Waals surface area contributed by atoms with E-state index in [1.807, 2.05) is 30.3 Å². The first kappa shape index (κ1) is 35.9. The van der Waals surface area contributed by atoms with Gasteiger partial charge in [-0.05, 0) is 108 Å². The lowest BCUT2D eigenvalue weighted by Crippen LogP contribution is -2.69. The number of carbonyl (C=O) groups excluding carboxylic acids is 4. The molecule has 3 unspecified atom stereocenters. The SMILES string of the molecule is CCC(=C(c1ccc(O)cc1)c1ccc(N2CCC(CN3CC4CC(C3)N4c3ccc4c(c3)C(=O)N(C3CCC(=O)NC3=O)C4=O)CC2)cc1)c1ccccc1. The second-order valence-electron chi connectivity index (χ2n) is 15.9. The number of piperidine rings is 3. The number of benzene rings is 4. The number of imide groups is 2. The summed E-state index contributed by atoms with van der Waals surface area (Å²) in [7, 11) is 0. The van der Waals surface area contributed by atoms with E-state index in [-0.39, 0.29) is 24.5 Å². The Morgan fingerprint density at radius 3 is 2.04 bits per heavy atom. The number of nitrogens with zero attached hydrogens (tertiary/aromatic N) is 4. The van der Waals surface area contributed by atoms with E-state index in [4.69, 9.17) is 0 Å². The highest BCUT2D eigenvalue weighted by Gasteiger charge is 2.48. The molecule has 2 bridgehead atoms. The van der Waals surface area contributed by atoms with Gasteiger partial charge in [-0.15, -0.1) is 0 Å². The lowest BCUT2D eigenvalue weighted by atomic mass is 9.85. The number of amides is 4. The fraction of sp³-hybridized carbons (Fsp3) is 0.348. The van der Waals surface area contributed by atoms with Crippen LogP contribution in [0.1, 0.15) is 82.9 Å². The van der Waals surface area contributed by atoms with Gasteiger partial charge in [0.15, 0.2) is 0 Å². The van der Waals surface area contributed by atoms with E-state index in [1.54, 1.807) is 18.2 Å². The van der Waals surface area contributed by atoms with Crippen molar-refractivity contribution in [1.82, 2.24) is 15.1 Å². The number of rotatable bonds is 9. The molecule has 0 aliphatic carbocycles. The number of phenols is 1. The minimum Gasteiger partial charge on any atom is -0.508 e. The van der Waals surface area contributed by atoms with Crippen molar-refractivity contribution >= 4 is 46.1 Å². The monoisotopic (exact) mass is 749 g/mol. The fourth-order valence-corrected chi connectivity index (χ4v) is 9.77. The number of piperazine rings is 1. The molecular formula is C46H47N5O5. The normalized spacial score (nSPS) is 23.2. The number of fused-ring (bicyclic) bond motifs is 3. The van der Waals surface area contributed by atoms with Gasteiger partial charge in [0.2, 0.25) is 11.8 Å². The lowest BCUT2D eigenvalue weighted by Gasteiger charge is -2.58. The molecule has 4 aromatic carbocycles. The summed E-state index contributed by atoms with van der Waals surface area (Å²) in [5, 5.41) is 12.3. The van der Waals surface area contributed by atoms with Crippen LogP contribution >= 0.6 is 0 Å². The Labute approximate surface area is 327 Å². The van der Waals surface area contributed by atoms with Crippen LogP contribution in [0.3, 0.4) is 0 Å². The van der Waals surface area contributed by atoms with Gasteiger partial charge < -0.3 is 14.9 Å². The molecule has 0 spiro atoms. The zero-order valence-corrected chi connectivity index (χ0v) is 31.7. The topological polar surface area (TPSA) is 114 Å². The number of allylic oxidation sites excluding steroid dienone is 1. The number of nitrogens with one attached hydrogen (secondary N) is 1. The van der Waals surface area contributed by atoms with Gasteiger partial charge in [-0.3, -0.25) is 34.3 Å². The van der Waals surface area contributed by atoms with Crippen LogP contribution in [0, 0.1) is 5.92 Å². The molecule has 4 aromatic rings. The molecule has 56 heavy (non-hydrogen) atoms. The van der Waals surface area contributed by atoms with Crippen molar-refractivity contribution < 1.29 is 24.3 Å². The molecule has 0 radical (unpaired) electrons. The van der Waals surface area contributed by atoms with Crippen LogP contribution in [0.25, 0.3) is 11.1 Å². The summed E-state index contributed by atoms with van der Waals surface area (Å²) in [6, 6.07) is 32.4. The average molecular weight is 750 g/mol. The predicted octanol–water partition coefficient (Wildman–Crippen LogP) is 6.34. The van der Waals surface area contributed by atoms with Crippen LogP contribution in [-0.2, 0) is 9.59 Å². The Hall–Kier alpha value is -5.74. The minimum atomic E-state index is -0.958. The summed E-state index contributed by atoms with van der Waals surface area (Å²) < 4.78 is 0. The molecule has 10 nitrogen and oxygen atoms in total. The fourth-order valence-electron chi connectivity index (χ4n) is 9.77. The minimum absolute atomic E-state index is 0.105. The van der Waals surface area contributed by atoms with E-state index >= 15 is 0 Å². The number of aromatic hydroxyl groups is 1. The van der Waals surface area contributed by atoms with Gasteiger partial charge in [-0.25, -0.2) is 0 Å². The highest BCUT2D eigenvalue weighted by atomic mass is 16.3. The number of hydrogen-bond donors (Lipinski definition) is 2. The Morgan fingerprint density at radius 2 is 1.38 bits per heavy atom. The van der Waals surface area contributed by atoms with Crippen LogP contribution in [0.15, 0.2) is 97.1 Å². The summed E-state index contributed by atoms with van der Waals surface area (Å²) in [5.74, 6) is -0.992. The molecule has 3 atom stereocenters. The molecule has 5 fully saturated rings. The number of anilines is 2. The first-order valence-electron chi connectivity index (χ1n) is 20.1. The second-order valence-corrected chi connectivity index (χ2v) is 15.9. The third-order valence-electron chi connectivity index (χ3n) is 12.6. The van der Waals surface area contributed by atoms with Crippen LogP contribution < -0.4 is 15.1 Å². The van der Waals surface area contributed by atoms with Crippen molar-refractivity contribution in [2.75, 3.05) is 42.5 Å². The Balaban J connectivity index is 0.814. The quantitative estimate of drug-likeness (QED) is 0.151. The van der Waals surface area contributed by atoms with Crippen LogP contribution in [0.5, 0.6) is 5.75 Å². The largest absolute Gasteiger partial charge is 0.508 e. The average Bonchev–Trinajstić information content (AvgIpc) is 3.46. The summed E-state index contributed by atoms with van der Waals surface area (Å²) in [6.45, 7) is 7.30. The molecule has 10 heteroatoms. The van der Waals surface area contributed by atoms with Crippen molar-refractivity contribution in [3.8, 4) is 5.75 Å². The highest BCUT2D eigenvalue weighted by Crippen LogP contribution is 2.41. The molecule has 286 valence electrons. The van der Waals surface area contributed by atoms with Crippen LogP contribution in [0.2, 0.25) is 0 Å². The van der Waals surface area contributed by atoms with Crippen molar-refractivity contribution in [3.05, 3.63) is 125 Å². The van der Waals surface area contributed by atoms with Crippen LogP contribution in [-0.4, -0.2) is 89.4 Å². The zero-order valence-electron chi connectivity index (χ0n) is 31.7. The third kappa shape index (κ3) is 6.55. The van der Waals surface area contributed by atoms with E-state index in [9.17, 15) is 24.3 Å². The van der Waals surface area contributed by atoms with E-state index in [2.05, 4.69) is 75.5 Å². The molecule has 6 heterocycles. The summed E-state index contributed by atoms with van der Waals surface area (Å²) >= 11 is 0. The maximum atomic E-state index is 13.4. The van der Waals surface area contributed by atoms with E-state index in [0.29, 0.717) is 29.1 Å². The maximum absolute atomic E-state index is 13.4. The molecule has 4 amide bonds. The smallest absolute Gasteiger partial charge is 0.262 e. The van der Waals surface area contributed by atoms with Crippen molar-refractivity contribution in [1.29, 1.82) is 0 Å². The maximum Gasteiger partial charge on any atom is 0.262 e. The van der Waals surface area contributed by atoms with Gasteiger partial charge in [0, 0.05) is 62.6 Å². The summed E-state index contributed by atoms with van der Waals surface area (Å²) in [4.78, 5) is 59.4. The van der Waals surface area contributed by atoms with Gasteiger partial charge in [-0.2, -0.15) is 0 Å². The van der Waals surface area contributed by atoms with Gasteiger partial charge in [0.1, 0.15) is 11.8 Å². The molecule has 5 saturated heterocycles. The van der Waals surface area contributed by atoms with Gasteiger partial charge in [-0.1, -0.05) is 61.5 Å². The number of carbonyl (C=O) groups is 4. The molecular weight excluding hydrogens is 703 g/mol. The Bertz CT molecular complexity index is 2200. The predicted molar refractivity (Wildman–Crippen MR) is 216 cm³/mol. The summed E-state index contributed by atoms with van der Waals surface area (Å²) in [5.41, 5.74) is 8.80. The van der Waals surface area contributed by atoms with Crippen molar-refractivity contribution in [3.63, 3.8) is 0 Å². The molecule has 6 aliphatic heterocycles. The van der Waals surface area contributed by atoms with Gasteiger partial charge in [0.25, 0.3) is 11.8 Å². The lowest BCUT2D eigenvalue weighted by molar-refractivity contribution is -0.136. The van der Waals surface area contributed by atoms with E-state index < -0.39 is 23.8 Å². The highest BCUT2D eigenvalue weighted by molar-refractivity contribution is 6.23. The number of hydrogen-bond acceptors (Lipinski definition) is 8. The number of phenolic OH excluding ortho intramolecular Hbond substituents is 1. The molecule has 2 N–H and O–H groups in total. The second kappa shape index (κ2) is 14.7. The summed E-state index contributed by atoms with van der Waals surface area (Å²) in [6.07, 6.45) is 4.55. The van der Waals surface area contributed by atoms with Gasteiger partial charge in [0.05, 0.1) is 11.1 Å². The first-order chi connectivity index (χ1) is 27.2. The van der Waals surface area contributed by atoms with Gasteiger partial charge >= 0.3 is 0 Å². The van der Waals surface area contributed by atoms with E-state index in [1.165, 1.54) is 28.0 Å². The third-order valence-corrected chi connectivity index (χ3v) is 12.6. The first-order valence-corrected chi connectivity index (χ1v) is 20.1.